The smallest absolute Gasteiger partial charge is 0.0785 e. The fourth-order valence-electron chi connectivity index (χ4n) is 2.02. The normalized spacial score (nSPS) is 16.1. The number of aryl methyl sites for hydroxylation is 1. The number of nitrogens with two attached hydrogens (primary N) is 1. The topological polar surface area (TPSA) is 44.5 Å². The molecule has 3 nitrogen and oxygen atoms in total. The molecule has 1 aromatic carbocycles. The van der Waals surface area contributed by atoms with E-state index in [-0.39, 0.29) is 18.2 Å². The summed E-state index contributed by atoms with van der Waals surface area (Å²) < 4.78 is 11.2. The maximum absolute atomic E-state index is 6.24. The van der Waals surface area contributed by atoms with E-state index in [1.807, 2.05) is 20.8 Å². The molecule has 1 aromatic rings. The summed E-state index contributed by atoms with van der Waals surface area (Å²) in [6.45, 7) is 9.49. The molecule has 0 aliphatic carbocycles. The van der Waals surface area contributed by atoms with E-state index in [2.05, 4.69) is 31.2 Å². The standard InChI is InChI=1S/C16H27NO2/c1-5-14-7-9-15(10-8-14)16(17)13(4)19-12(3)11-18-6-2/h7-10,12-13,16H,5-6,11,17H2,1-4H3. The van der Waals surface area contributed by atoms with Gasteiger partial charge in [-0.05, 0) is 38.3 Å². The first kappa shape index (κ1) is 16.2. The van der Waals surface area contributed by atoms with Crippen molar-refractivity contribution < 1.29 is 9.47 Å². The van der Waals surface area contributed by atoms with Gasteiger partial charge < -0.3 is 15.2 Å². The zero-order valence-electron chi connectivity index (χ0n) is 12.6. The van der Waals surface area contributed by atoms with Crippen molar-refractivity contribution in [2.24, 2.45) is 5.73 Å². The summed E-state index contributed by atoms with van der Waals surface area (Å²) in [6.07, 6.45) is 1.09. The summed E-state index contributed by atoms with van der Waals surface area (Å²) in [7, 11) is 0. The van der Waals surface area contributed by atoms with E-state index in [0.29, 0.717) is 13.2 Å². The highest BCUT2D eigenvalue weighted by Crippen LogP contribution is 2.18. The highest BCUT2D eigenvalue weighted by molar-refractivity contribution is 5.25. The molecule has 0 fully saturated rings. The minimum Gasteiger partial charge on any atom is -0.379 e. The van der Waals surface area contributed by atoms with E-state index in [0.717, 1.165) is 12.0 Å². The third-order valence-corrected chi connectivity index (χ3v) is 3.28. The molecule has 0 amide bonds. The van der Waals surface area contributed by atoms with Crippen molar-refractivity contribution in [3.8, 4) is 0 Å². The Hall–Kier alpha value is -0.900. The molecule has 0 bridgehead atoms. The maximum Gasteiger partial charge on any atom is 0.0785 e. The Morgan fingerprint density at radius 3 is 2.26 bits per heavy atom. The average molecular weight is 265 g/mol. The van der Waals surface area contributed by atoms with Gasteiger partial charge in [-0.3, -0.25) is 0 Å². The fraction of sp³-hybridized carbons (Fsp3) is 0.625. The molecule has 0 aromatic heterocycles. The SMILES string of the molecule is CCOCC(C)OC(C)C(N)c1ccc(CC)cc1. The lowest BCUT2D eigenvalue weighted by Gasteiger charge is -2.24. The molecule has 2 N–H and O–H groups in total. The highest BCUT2D eigenvalue weighted by atomic mass is 16.5. The first-order valence-electron chi connectivity index (χ1n) is 7.16. The van der Waals surface area contributed by atoms with Gasteiger partial charge in [-0.15, -0.1) is 0 Å². The third-order valence-electron chi connectivity index (χ3n) is 3.28. The number of hydrogen-bond donors (Lipinski definition) is 1. The summed E-state index contributed by atoms with van der Waals surface area (Å²) in [5, 5.41) is 0. The Bertz CT molecular complexity index is 350. The largest absolute Gasteiger partial charge is 0.379 e. The molecule has 0 aliphatic rings. The van der Waals surface area contributed by atoms with E-state index in [1.54, 1.807) is 0 Å². The number of ether oxygens (including phenoxy) is 2. The Kier molecular flexibility index (Phi) is 7.06. The van der Waals surface area contributed by atoms with Crippen molar-refractivity contribution in [3.05, 3.63) is 35.4 Å². The van der Waals surface area contributed by atoms with Crippen LogP contribution in [0.2, 0.25) is 0 Å². The molecule has 1 rings (SSSR count). The van der Waals surface area contributed by atoms with Crippen molar-refractivity contribution >= 4 is 0 Å². The minimum absolute atomic E-state index is 0.0251. The molecular weight excluding hydrogens is 238 g/mol. The van der Waals surface area contributed by atoms with Gasteiger partial charge in [-0.2, -0.15) is 0 Å². The number of benzene rings is 1. The second-order valence-corrected chi connectivity index (χ2v) is 4.93. The Labute approximate surface area is 117 Å². The van der Waals surface area contributed by atoms with E-state index < -0.39 is 0 Å². The molecule has 0 radical (unpaired) electrons. The molecule has 3 atom stereocenters. The summed E-state index contributed by atoms with van der Waals surface area (Å²) >= 11 is 0. The molecule has 0 heterocycles. The lowest BCUT2D eigenvalue weighted by molar-refractivity contribution is -0.0481. The van der Waals surface area contributed by atoms with Crippen LogP contribution in [0.4, 0.5) is 0 Å². The molecule has 3 unspecified atom stereocenters. The van der Waals surface area contributed by atoms with Gasteiger partial charge in [-0.25, -0.2) is 0 Å². The van der Waals surface area contributed by atoms with Gasteiger partial charge >= 0.3 is 0 Å². The second-order valence-electron chi connectivity index (χ2n) is 4.93. The van der Waals surface area contributed by atoms with E-state index >= 15 is 0 Å². The summed E-state index contributed by atoms with van der Waals surface area (Å²) in [5.41, 5.74) is 8.69. The Balaban J connectivity index is 2.52. The number of hydrogen-bond acceptors (Lipinski definition) is 3. The van der Waals surface area contributed by atoms with Crippen LogP contribution in [0.3, 0.4) is 0 Å². The first-order valence-corrected chi connectivity index (χ1v) is 7.16. The van der Waals surface area contributed by atoms with Crippen molar-refractivity contribution in [1.82, 2.24) is 0 Å². The summed E-state index contributed by atoms with van der Waals surface area (Å²) in [5.74, 6) is 0. The highest BCUT2D eigenvalue weighted by Gasteiger charge is 2.18. The Morgan fingerprint density at radius 2 is 1.74 bits per heavy atom. The van der Waals surface area contributed by atoms with Crippen molar-refractivity contribution in [2.75, 3.05) is 13.2 Å². The Morgan fingerprint density at radius 1 is 1.11 bits per heavy atom. The van der Waals surface area contributed by atoms with Crippen LogP contribution in [-0.2, 0) is 15.9 Å². The zero-order chi connectivity index (χ0) is 14.3. The van der Waals surface area contributed by atoms with Gasteiger partial charge in [0, 0.05) is 6.61 Å². The van der Waals surface area contributed by atoms with Gasteiger partial charge in [-0.1, -0.05) is 31.2 Å². The van der Waals surface area contributed by atoms with E-state index in [4.69, 9.17) is 15.2 Å². The summed E-state index contributed by atoms with van der Waals surface area (Å²) in [4.78, 5) is 0. The molecule has 0 saturated heterocycles. The van der Waals surface area contributed by atoms with Crippen LogP contribution in [0.25, 0.3) is 0 Å². The quantitative estimate of drug-likeness (QED) is 0.785. The predicted molar refractivity (Wildman–Crippen MR) is 79.3 cm³/mol. The lowest BCUT2D eigenvalue weighted by Crippen LogP contribution is -2.31. The predicted octanol–water partition coefficient (Wildman–Crippen LogP) is 3.08. The van der Waals surface area contributed by atoms with Crippen LogP contribution < -0.4 is 5.73 Å². The van der Waals surface area contributed by atoms with Gasteiger partial charge in [0.15, 0.2) is 0 Å². The maximum atomic E-state index is 6.24. The molecule has 0 spiro atoms. The van der Waals surface area contributed by atoms with Gasteiger partial charge in [0.05, 0.1) is 24.9 Å². The second kappa shape index (κ2) is 8.31. The first-order chi connectivity index (χ1) is 9.08. The van der Waals surface area contributed by atoms with E-state index in [9.17, 15) is 0 Å². The van der Waals surface area contributed by atoms with Gasteiger partial charge in [0.1, 0.15) is 0 Å². The molecule has 19 heavy (non-hydrogen) atoms. The summed E-state index contributed by atoms with van der Waals surface area (Å²) in [6, 6.07) is 8.35. The molecule has 3 heteroatoms. The van der Waals surface area contributed by atoms with Crippen molar-refractivity contribution in [1.29, 1.82) is 0 Å². The van der Waals surface area contributed by atoms with E-state index in [1.165, 1.54) is 5.56 Å². The van der Waals surface area contributed by atoms with Gasteiger partial charge in [0.2, 0.25) is 0 Å². The van der Waals surface area contributed by atoms with Gasteiger partial charge in [0.25, 0.3) is 0 Å². The number of rotatable bonds is 8. The van der Waals surface area contributed by atoms with Crippen LogP contribution in [-0.4, -0.2) is 25.4 Å². The lowest BCUT2D eigenvalue weighted by atomic mass is 10.0. The monoisotopic (exact) mass is 265 g/mol. The van der Waals surface area contributed by atoms with Crippen LogP contribution in [0.1, 0.15) is 44.9 Å². The fourth-order valence-corrected chi connectivity index (χ4v) is 2.02. The van der Waals surface area contributed by atoms with Crippen LogP contribution >= 0.6 is 0 Å². The van der Waals surface area contributed by atoms with Crippen molar-refractivity contribution in [2.45, 2.75) is 52.4 Å². The van der Waals surface area contributed by atoms with Crippen LogP contribution in [0.15, 0.2) is 24.3 Å². The molecule has 0 aliphatic heterocycles. The average Bonchev–Trinajstić information content (AvgIpc) is 2.44. The van der Waals surface area contributed by atoms with Crippen molar-refractivity contribution in [3.63, 3.8) is 0 Å². The van der Waals surface area contributed by atoms with Crippen LogP contribution in [0.5, 0.6) is 0 Å². The zero-order valence-corrected chi connectivity index (χ0v) is 12.6. The third kappa shape index (κ3) is 5.31. The minimum atomic E-state index is -0.102. The molecule has 108 valence electrons. The van der Waals surface area contributed by atoms with Crippen LogP contribution in [0, 0.1) is 0 Å². The molecular formula is C16H27NO2. The molecule has 0 saturated carbocycles.